The molecule has 4 rings (SSSR count). The largest absolute Gasteiger partial charge is 0.492 e. The maximum Gasteiger partial charge on any atom is 0.315 e. The Morgan fingerprint density at radius 3 is 2.81 bits per heavy atom. The first-order chi connectivity index (χ1) is 12.9. The number of aromatic nitrogens is 1. The number of rotatable bonds is 4. The first-order valence-electron chi connectivity index (χ1n) is 9.07. The van der Waals surface area contributed by atoms with E-state index in [9.17, 15) is 14.7 Å². The fourth-order valence-electron chi connectivity index (χ4n) is 4.28. The summed E-state index contributed by atoms with van der Waals surface area (Å²) in [6, 6.07) is 7.49. The Balaban J connectivity index is 1.54. The molecule has 7 nitrogen and oxygen atoms in total. The van der Waals surface area contributed by atoms with Gasteiger partial charge in [0.1, 0.15) is 23.5 Å². The van der Waals surface area contributed by atoms with Crippen LogP contribution >= 0.6 is 0 Å². The number of para-hydroxylation sites is 1. The van der Waals surface area contributed by atoms with Gasteiger partial charge < -0.3 is 19.3 Å². The van der Waals surface area contributed by atoms with Crippen molar-refractivity contribution >= 4 is 11.9 Å². The van der Waals surface area contributed by atoms with Crippen LogP contribution < -0.4 is 4.74 Å². The van der Waals surface area contributed by atoms with Crippen LogP contribution in [0, 0.1) is 19.3 Å². The van der Waals surface area contributed by atoms with E-state index in [1.165, 1.54) is 0 Å². The zero-order chi connectivity index (χ0) is 19.2. The molecule has 1 N–H and O–H groups in total. The van der Waals surface area contributed by atoms with E-state index in [1.54, 1.807) is 4.90 Å². The Kier molecular flexibility index (Phi) is 4.17. The van der Waals surface area contributed by atoms with Crippen LogP contribution in [0.25, 0.3) is 0 Å². The number of aryl methyl sites for hydroxylation is 2. The van der Waals surface area contributed by atoms with Gasteiger partial charge in [0, 0.05) is 36.6 Å². The summed E-state index contributed by atoms with van der Waals surface area (Å²) in [5.41, 5.74) is 1.51. The third-order valence-corrected chi connectivity index (χ3v) is 5.87. The lowest BCUT2D eigenvalue weighted by Gasteiger charge is -2.35. The summed E-state index contributed by atoms with van der Waals surface area (Å²) in [5.74, 6) is 0.206. The highest BCUT2D eigenvalue weighted by molar-refractivity contribution is 5.83. The van der Waals surface area contributed by atoms with E-state index < -0.39 is 11.4 Å². The number of hydrogen-bond donors (Lipinski definition) is 1. The lowest BCUT2D eigenvalue weighted by Crippen LogP contribution is -2.46. The molecule has 0 unspecified atom stereocenters. The standard InChI is InChI=1S/C20H22N2O5/c1-12-14(13(2)27-21-12)7-8-18(23)22-9-16-15-5-3-4-6-17(15)26-11-20(16,10-22)19(24)25/h3-6,16H,7-11H2,1-2H3,(H,24,25)/t16-,20-/m1/s1. The van der Waals surface area contributed by atoms with E-state index in [2.05, 4.69) is 5.16 Å². The number of likely N-dealkylation sites (tertiary alicyclic amines) is 1. The first-order valence-corrected chi connectivity index (χ1v) is 9.07. The molecular weight excluding hydrogens is 348 g/mol. The highest BCUT2D eigenvalue weighted by atomic mass is 16.5. The fourth-order valence-corrected chi connectivity index (χ4v) is 4.28. The summed E-state index contributed by atoms with van der Waals surface area (Å²) in [6.45, 7) is 4.33. The van der Waals surface area contributed by atoms with Crippen molar-refractivity contribution < 1.29 is 24.0 Å². The molecule has 0 radical (unpaired) electrons. The quantitative estimate of drug-likeness (QED) is 0.888. The maximum atomic E-state index is 12.8. The summed E-state index contributed by atoms with van der Waals surface area (Å²) in [4.78, 5) is 26.6. The van der Waals surface area contributed by atoms with Gasteiger partial charge in [0.05, 0.1) is 5.69 Å². The topological polar surface area (TPSA) is 92.9 Å². The molecule has 0 aliphatic carbocycles. The second-order valence-corrected chi connectivity index (χ2v) is 7.42. The summed E-state index contributed by atoms with van der Waals surface area (Å²) >= 11 is 0. The van der Waals surface area contributed by atoms with Gasteiger partial charge in [0.2, 0.25) is 5.91 Å². The number of carbonyl (C=O) groups is 2. The Morgan fingerprint density at radius 2 is 2.11 bits per heavy atom. The van der Waals surface area contributed by atoms with Crippen molar-refractivity contribution in [3.8, 4) is 5.75 Å². The van der Waals surface area contributed by atoms with Gasteiger partial charge in [0.25, 0.3) is 0 Å². The average Bonchev–Trinajstić information content (AvgIpc) is 3.21. The molecule has 3 heterocycles. The van der Waals surface area contributed by atoms with Gasteiger partial charge in [-0.2, -0.15) is 0 Å². The van der Waals surface area contributed by atoms with Gasteiger partial charge in [-0.1, -0.05) is 23.4 Å². The van der Waals surface area contributed by atoms with Gasteiger partial charge in [0.15, 0.2) is 0 Å². The number of hydrogen-bond acceptors (Lipinski definition) is 5. The van der Waals surface area contributed by atoms with Gasteiger partial charge >= 0.3 is 5.97 Å². The lowest BCUT2D eigenvalue weighted by molar-refractivity contribution is -0.152. The minimum absolute atomic E-state index is 0.0532. The molecule has 2 aromatic rings. The number of fused-ring (bicyclic) bond motifs is 3. The zero-order valence-electron chi connectivity index (χ0n) is 15.4. The zero-order valence-corrected chi connectivity index (χ0v) is 15.4. The highest BCUT2D eigenvalue weighted by Crippen LogP contribution is 2.49. The van der Waals surface area contributed by atoms with E-state index in [1.807, 2.05) is 38.1 Å². The first kappa shape index (κ1) is 17.6. The molecular formula is C20H22N2O5. The van der Waals surface area contributed by atoms with Gasteiger partial charge in [-0.15, -0.1) is 0 Å². The Bertz CT molecular complexity index is 886. The van der Waals surface area contributed by atoms with Crippen molar-refractivity contribution in [1.82, 2.24) is 10.1 Å². The van der Waals surface area contributed by atoms with Crippen molar-refractivity contribution in [1.29, 1.82) is 0 Å². The molecule has 1 aromatic heterocycles. The molecule has 27 heavy (non-hydrogen) atoms. The van der Waals surface area contributed by atoms with Crippen LogP contribution in [-0.2, 0) is 16.0 Å². The van der Waals surface area contributed by atoms with Crippen LogP contribution in [0.15, 0.2) is 28.8 Å². The molecule has 1 fully saturated rings. The number of ether oxygens (including phenoxy) is 1. The molecule has 2 aliphatic heterocycles. The number of carbonyl (C=O) groups excluding carboxylic acids is 1. The van der Waals surface area contributed by atoms with Gasteiger partial charge in [-0.3, -0.25) is 9.59 Å². The van der Waals surface area contributed by atoms with Crippen LogP contribution in [0.5, 0.6) is 5.75 Å². The summed E-state index contributed by atoms with van der Waals surface area (Å²) in [7, 11) is 0. The molecule has 142 valence electrons. The van der Waals surface area contributed by atoms with Crippen LogP contribution in [0.1, 0.15) is 34.9 Å². The molecule has 0 spiro atoms. The SMILES string of the molecule is Cc1noc(C)c1CCC(=O)N1C[C@@H]2c3ccccc3OC[C@]2(C(=O)O)C1. The second-order valence-electron chi connectivity index (χ2n) is 7.42. The van der Waals surface area contributed by atoms with Crippen molar-refractivity contribution in [2.45, 2.75) is 32.6 Å². The normalized spacial score (nSPS) is 23.5. The molecule has 0 saturated carbocycles. The molecule has 0 bridgehead atoms. The lowest BCUT2D eigenvalue weighted by atomic mass is 9.73. The number of carboxylic acid groups (broad SMARTS) is 1. The van der Waals surface area contributed by atoms with E-state index in [4.69, 9.17) is 9.26 Å². The van der Waals surface area contributed by atoms with Crippen molar-refractivity contribution in [3.63, 3.8) is 0 Å². The van der Waals surface area contributed by atoms with E-state index in [0.717, 1.165) is 22.6 Å². The fraction of sp³-hybridized carbons (Fsp3) is 0.450. The number of carboxylic acids is 1. The minimum Gasteiger partial charge on any atom is -0.492 e. The number of amides is 1. The number of nitrogens with zero attached hydrogens (tertiary/aromatic N) is 2. The number of aliphatic carboxylic acids is 1. The smallest absolute Gasteiger partial charge is 0.315 e. The highest BCUT2D eigenvalue weighted by Gasteiger charge is 2.57. The van der Waals surface area contributed by atoms with Crippen LogP contribution in [0.2, 0.25) is 0 Å². The molecule has 1 aromatic carbocycles. The van der Waals surface area contributed by atoms with E-state index in [-0.39, 0.29) is 25.0 Å². The third-order valence-electron chi connectivity index (χ3n) is 5.87. The average molecular weight is 370 g/mol. The van der Waals surface area contributed by atoms with Crippen LogP contribution in [0.4, 0.5) is 0 Å². The molecule has 7 heteroatoms. The van der Waals surface area contributed by atoms with Crippen molar-refractivity contribution in [3.05, 3.63) is 46.8 Å². The number of benzene rings is 1. The molecule has 1 amide bonds. The summed E-state index contributed by atoms with van der Waals surface area (Å²) < 4.78 is 10.9. The molecule has 1 saturated heterocycles. The van der Waals surface area contributed by atoms with E-state index in [0.29, 0.717) is 25.1 Å². The van der Waals surface area contributed by atoms with Crippen LogP contribution in [0.3, 0.4) is 0 Å². The Hall–Kier alpha value is -2.83. The second kappa shape index (κ2) is 6.40. The predicted octanol–water partition coefficient (Wildman–Crippen LogP) is 2.31. The summed E-state index contributed by atoms with van der Waals surface area (Å²) in [6.07, 6.45) is 0.835. The van der Waals surface area contributed by atoms with Gasteiger partial charge in [-0.25, -0.2) is 0 Å². The molecule has 2 aliphatic rings. The van der Waals surface area contributed by atoms with Gasteiger partial charge in [-0.05, 0) is 26.3 Å². The third kappa shape index (κ3) is 2.78. The van der Waals surface area contributed by atoms with Crippen molar-refractivity contribution in [2.24, 2.45) is 5.41 Å². The van der Waals surface area contributed by atoms with Crippen molar-refractivity contribution in [2.75, 3.05) is 19.7 Å². The Labute approximate surface area is 156 Å². The monoisotopic (exact) mass is 370 g/mol. The maximum absolute atomic E-state index is 12.8. The minimum atomic E-state index is -1.09. The molecule has 2 atom stereocenters. The Morgan fingerprint density at radius 1 is 1.33 bits per heavy atom. The predicted molar refractivity (Wildman–Crippen MR) is 95.6 cm³/mol. The van der Waals surface area contributed by atoms with Crippen LogP contribution in [-0.4, -0.2) is 46.7 Å². The van der Waals surface area contributed by atoms with E-state index >= 15 is 0 Å². The summed E-state index contributed by atoms with van der Waals surface area (Å²) in [5, 5.41) is 13.9.